The third-order valence-corrected chi connectivity index (χ3v) is 3.17. The molecule has 1 aromatic carbocycles. The van der Waals surface area contributed by atoms with Gasteiger partial charge in [0.2, 0.25) is 0 Å². The fourth-order valence-corrected chi connectivity index (χ4v) is 2.32. The Hall–Kier alpha value is -1.04. The molecule has 3 heteroatoms. The Morgan fingerprint density at radius 1 is 1.40 bits per heavy atom. The number of nitriles is 1. The van der Waals surface area contributed by atoms with Crippen molar-refractivity contribution in [1.29, 1.82) is 5.26 Å². The number of rotatable bonds is 1. The van der Waals surface area contributed by atoms with Crippen molar-refractivity contribution < 1.29 is 4.74 Å². The van der Waals surface area contributed by atoms with Crippen LogP contribution in [0.15, 0.2) is 24.3 Å². The molecule has 0 unspecified atom stereocenters. The molecule has 0 aliphatic carbocycles. The molecule has 0 N–H and O–H groups in total. The zero-order valence-corrected chi connectivity index (χ0v) is 9.13. The van der Waals surface area contributed by atoms with Crippen molar-refractivity contribution >= 4 is 11.6 Å². The minimum Gasteiger partial charge on any atom is -0.379 e. The maximum atomic E-state index is 9.33. The highest BCUT2D eigenvalue weighted by atomic mass is 35.5. The maximum absolute atomic E-state index is 9.33. The number of hydrogen-bond acceptors (Lipinski definition) is 2. The van der Waals surface area contributed by atoms with Gasteiger partial charge in [0.1, 0.15) is 5.41 Å². The Balaban J connectivity index is 2.42. The fourth-order valence-electron chi connectivity index (χ4n) is 2.00. The molecule has 15 heavy (non-hydrogen) atoms. The van der Waals surface area contributed by atoms with Crippen LogP contribution in [-0.4, -0.2) is 13.2 Å². The molecular formula is C12H12ClNO. The Morgan fingerprint density at radius 3 is 2.80 bits per heavy atom. The van der Waals surface area contributed by atoms with Crippen LogP contribution in [0.5, 0.6) is 0 Å². The summed E-state index contributed by atoms with van der Waals surface area (Å²) in [5, 5.41) is 9.99. The summed E-state index contributed by atoms with van der Waals surface area (Å²) in [7, 11) is 0. The zero-order valence-electron chi connectivity index (χ0n) is 8.37. The molecule has 1 fully saturated rings. The molecule has 0 radical (unpaired) electrons. The van der Waals surface area contributed by atoms with Crippen LogP contribution < -0.4 is 0 Å². The number of hydrogen-bond donors (Lipinski definition) is 0. The quantitative estimate of drug-likeness (QED) is 0.731. The first kappa shape index (κ1) is 10.5. The molecule has 1 atom stereocenters. The van der Waals surface area contributed by atoms with Gasteiger partial charge in [-0.1, -0.05) is 29.8 Å². The van der Waals surface area contributed by atoms with Crippen LogP contribution in [-0.2, 0) is 10.2 Å². The van der Waals surface area contributed by atoms with E-state index in [1.807, 2.05) is 24.3 Å². The highest BCUT2D eigenvalue weighted by molar-refractivity contribution is 6.31. The van der Waals surface area contributed by atoms with Gasteiger partial charge in [-0.05, 0) is 24.5 Å². The lowest BCUT2D eigenvalue weighted by Gasteiger charge is -2.31. The molecule has 1 heterocycles. The molecular weight excluding hydrogens is 210 g/mol. The second-order valence-corrected chi connectivity index (χ2v) is 4.24. The largest absolute Gasteiger partial charge is 0.379 e. The van der Waals surface area contributed by atoms with E-state index in [1.165, 1.54) is 0 Å². The van der Waals surface area contributed by atoms with Gasteiger partial charge in [0.25, 0.3) is 0 Å². The molecule has 1 aliphatic heterocycles. The van der Waals surface area contributed by atoms with Gasteiger partial charge in [-0.15, -0.1) is 0 Å². The molecule has 0 bridgehead atoms. The van der Waals surface area contributed by atoms with E-state index < -0.39 is 5.41 Å². The van der Waals surface area contributed by atoms with E-state index in [4.69, 9.17) is 16.3 Å². The Bertz CT molecular complexity index is 391. The molecule has 0 aromatic heterocycles. The van der Waals surface area contributed by atoms with Gasteiger partial charge in [-0.25, -0.2) is 0 Å². The van der Waals surface area contributed by atoms with Crippen molar-refractivity contribution in [3.63, 3.8) is 0 Å². The van der Waals surface area contributed by atoms with Crippen LogP contribution in [0.25, 0.3) is 0 Å². The van der Waals surface area contributed by atoms with Crippen molar-refractivity contribution in [3.8, 4) is 6.07 Å². The summed E-state index contributed by atoms with van der Waals surface area (Å²) in [5.74, 6) is 0. The van der Waals surface area contributed by atoms with E-state index in [0.717, 1.165) is 25.0 Å². The summed E-state index contributed by atoms with van der Waals surface area (Å²) in [4.78, 5) is 0. The first-order valence-electron chi connectivity index (χ1n) is 5.02. The van der Waals surface area contributed by atoms with Crippen LogP contribution >= 0.6 is 11.6 Å². The van der Waals surface area contributed by atoms with Gasteiger partial charge < -0.3 is 4.74 Å². The molecule has 2 rings (SSSR count). The molecule has 1 aliphatic rings. The van der Waals surface area contributed by atoms with E-state index in [9.17, 15) is 5.26 Å². The predicted octanol–water partition coefficient (Wildman–Crippen LogP) is 2.91. The highest BCUT2D eigenvalue weighted by Crippen LogP contribution is 2.36. The SMILES string of the molecule is N#C[C@@]1(c2ccccc2Cl)CCCOC1. The van der Waals surface area contributed by atoms with E-state index in [0.29, 0.717) is 11.6 Å². The number of ether oxygens (including phenoxy) is 1. The fraction of sp³-hybridized carbons (Fsp3) is 0.417. The van der Waals surface area contributed by atoms with Crippen LogP contribution in [0.2, 0.25) is 5.02 Å². The second kappa shape index (κ2) is 4.22. The maximum Gasteiger partial charge on any atom is 0.107 e. The number of halogens is 1. The van der Waals surface area contributed by atoms with Gasteiger partial charge in [-0.3, -0.25) is 0 Å². The first-order valence-corrected chi connectivity index (χ1v) is 5.40. The molecule has 1 saturated heterocycles. The minimum absolute atomic E-state index is 0.452. The standard InChI is InChI=1S/C12H12ClNO/c13-11-5-2-1-4-10(11)12(8-14)6-3-7-15-9-12/h1-2,4-5H,3,6-7,9H2/t12-/m0/s1. The smallest absolute Gasteiger partial charge is 0.107 e. The van der Waals surface area contributed by atoms with Gasteiger partial charge in [0, 0.05) is 11.6 Å². The van der Waals surface area contributed by atoms with E-state index in [1.54, 1.807) is 0 Å². The number of nitrogens with zero attached hydrogens (tertiary/aromatic N) is 1. The summed E-state index contributed by atoms with van der Waals surface area (Å²) in [5.41, 5.74) is 0.352. The molecule has 0 saturated carbocycles. The van der Waals surface area contributed by atoms with Crippen LogP contribution in [0.1, 0.15) is 18.4 Å². The molecule has 1 aromatic rings. The highest BCUT2D eigenvalue weighted by Gasteiger charge is 2.36. The van der Waals surface area contributed by atoms with Gasteiger partial charge >= 0.3 is 0 Å². The first-order chi connectivity index (χ1) is 7.28. The Kier molecular flexibility index (Phi) is 2.95. The van der Waals surface area contributed by atoms with E-state index in [2.05, 4.69) is 6.07 Å². The summed E-state index contributed by atoms with van der Waals surface area (Å²) in [6.45, 7) is 1.20. The van der Waals surface area contributed by atoms with Crippen molar-refractivity contribution in [2.24, 2.45) is 0 Å². The van der Waals surface area contributed by atoms with Gasteiger partial charge in [-0.2, -0.15) is 5.26 Å². The monoisotopic (exact) mass is 221 g/mol. The zero-order chi connectivity index (χ0) is 10.7. The molecule has 0 spiro atoms. The minimum atomic E-state index is -0.545. The summed E-state index contributed by atoms with van der Waals surface area (Å²) < 4.78 is 5.40. The second-order valence-electron chi connectivity index (χ2n) is 3.83. The third kappa shape index (κ3) is 1.86. The Morgan fingerprint density at radius 2 is 2.20 bits per heavy atom. The van der Waals surface area contributed by atoms with Crippen molar-refractivity contribution in [3.05, 3.63) is 34.9 Å². The average Bonchev–Trinajstić information content (AvgIpc) is 2.30. The normalized spacial score (nSPS) is 25.9. The molecule has 0 amide bonds. The van der Waals surface area contributed by atoms with E-state index >= 15 is 0 Å². The van der Waals surface area contributed by atoms with Crippen LogP contribution in [0.3, 0.4) is 0 Å². The lowest BCUT2D eigenvalue weighted by Crippen LogP contribution is -2.34. The summed E-state index contributed by atoms with van der Waals surface area (Å²) in [6, 6.07) is 9.89. The van der Waals surface area contributed by atoms with Crippen molar-refractivity contribution in [1.82, 2.24) is 0 Å². The van der Waals surface area contributed by atoms with E-state index in [-0.39, 0.29) is 0 Å². The van der Waals surface area contributed by atoms with Crippen LogP contribution in [0, 0.1) is 11.3 Å². The van der Waals surface area contributed by atoms with Crippen LogP contribution in [0.4, 0.5) is 0 Å². The summed E-state index contributed by atoms with van der Waals surface area (Å²) >= 11 is 6.12. The molecule has 78 valence electrons. The lowest BCUT2D eigenvalue weighted by atomic mass is 9.77. The Labute approximate surface area is 94.4 Å². The van der Waals surface area contributed by atoms with Crippen molar-refractivity contribution in [2.45, 2.75) is 18.3 Å². The lowest BCUT2D eigenvalue weighted by molar-refractivity contribution is 0.0563. The summed E-state index contributed by atoms with van der Waals surface area (Å²) in [6.07, 6.45) is 1.74. The molecule has 2 nitrogen and oxygen atoms in total. The topological polar surface area (TPSA) is 33.0 Å². The number of benzene rings is 1. The third-order valence-electron chi connectivity index (χ3n) is 2.84. The van der Waals surface area contributed by atoms with Crippen molar-refractivity contribution in [2.75, 3.05) is 13.2 Å². The van der Waals surface area contributed by atoms with Gasteiger partial charge in [0.05, 0.1) is 12.7 Å². The average molecular weight is 222 g/mol. The van der Waals surface area contributed by atoms with Gasteiger partial charge in [0.15, 0.2) is 0 Å². The predicted molar refractivity (Wildman–Crippen MR) is 58.8 cm³/mol.